The van der Waals surface area contributed by atoms with E-state index in [1.807, 2.05) is 24.3 Å². The zero-order valence-corrected chi connectivity index (χ0v) is 20.4. The van der Waals surface area contributed by atoms with Gasteiger partial charge in [-0.1, -0.05) is 48.5 Å². The first kappa shape index (κ1) is 26.3. The third-order valence-corrected chi connectivity index (χ3v) is 7.83. The van der Waals surface area contributed by atoms with Crippen LogP contribution in [0.4, 0.5) is 0 Å². The molecule has 2 aromatic rings. The van der Waals surface area contributed by atoms with Crippen molar-refractivity contribution in [2.45, 2.75) is 43.0 Å². The molecule has 0 unspecified atom stereocenters. The van der Waals surface area contributed by atoms with E-state index in [0.717, 1.165) is 44.5 Å². The Morgan fingerprint density at radius 2 is 1.62 bits per heavy atom. The largest absolute Gasteiger partial charge is 0.354 e. The number of sulfonamides is 1. The maximum atomic E-state index is 13.0. The molecule has 0 bridgehead atoms. The summed E-state index contributed by atoms with van der Waals surface area (Å²) in [5.41, 5.74) is 1.16. The maximum Gasteiger partial charge on any atom is 0.242 e. The van der Waals surface area contributed by atoms with Crippen molar-refractivity contribution in [1.29, 1.82) is 0 Å². The monoisotopic (exact) mass is 479 g/mol. The smallest absolute Gasteiger partial charge is 0.242 e. The predicted octanol–water partition coefficient (Wildman–Crippen LogP) is 3.50. The minimum Gasteiger partial charge on any atom is -0.354 e. The first-order valence-corrected chi connectivity index (χ1v) is 12.4. The lowest BCUT2D eigenvalue weighted by Crippen LogP contribution is -2.44. The van der Waals surface area contributed by atoms with Crippen molar-refractivity contribution in [1.82, 2.24) is 14.5 Å². The van der Waals surface area contributed by atoms with E-state index in [2.05, 4.69) is 22.3 Å². The molecule has 2 aromatic carbocycles. The number of amides is 1. The second-order valence-electron chi connectivity index (χ2n) is 8.31. The molecule has 1 aliphatic rings. The van der Waals surface area contributed by atoms with Crippen molar-refractivity contribution in [2.24, 2.45) is 0 Å². The van der Waals surface area contributed by atoms with Gasteiger partial charge in [0.15, 0.2) is 0 Å². The molecule has 32 heavy (non-hydrogen) atoms. The van der Waals surface area contributed by atoms with Crippen molar-refractivity contribution in [2.75, 3.05) is 33.2 Å². The zero-order chi connectivity index (χ0) is 22.3. The Morgan fingerprint density at radius 3 is 2.19 bits per heavy atom. The van der Waals surface area contributed by atoms with Gasteiger partial charge in [-0.15, -0.1) is 12.4 Å². The molecule has 3 rings (SSSR count). The van der Waals surface area contributed by atoms with Gasteiger partial charge in [-0.2, -0.15) is 0 Å². The first-order valence-electron chi connectivity index (χ1n) is 10.9. The summed E-state index contributed by atoms with van der Waals surface area (Å²) in [5.74, 6) is 0.142. The van der Waals surface area contributed by atoms with Crippen molar-refractivity contribution in [3.63, 3.8) is 0 Å². The van der Waals surface area contributed by atoms with Gasteiger partial charge in [-0.3, -0.25) is 4.79 Å². The van der Waals surface area contributed by atoms with Gasteiger partial charge in [0.25, 0.3) is 0 Å². The molecule has 1 saturated heterocycles. The fourth-order valence-corrected chi connectivity index (χ4v) is 5.43. The molecule has 1 fully saturated rings. The molecule has 0 radical (unpaired) electrons. The van der Waals surface area contributed by atoms with Crippen LogP contribution in [0.1, 0.15) is 37.7 Å². The van der Waals surface area contributed by atoms with Gasteiger partial charge in [0.2, 0.25) is 15.9 Å². The number of likely N-dealkylation sites (N-methyl/N-ethyl adjacent to an activating group) is 1. The predicted molar refractivity (Wildman–Crippen MR) is 131 cm³/mol. The molecule has 1 amide bonds. The van der Waals surface area contributed by atoms with Gasteiger partial charge in [0.05, 0.1) is 4.90 Å². The average Bonchev–Trinajstić information content (AvgIpc) is 2.78. The van der Waals surface area contributed by atoms with Gasteiger partial charge in [-0.25, -0.2) is 12.7 Å². The normalized spacial score (nSPS) is 16.3. The SMILES string of the molecule is CC(=O)NC1CCN(CC[C@@H](CN(C)S(=O)(=O)c2ccccc2)c2ccccc2)CC1.Cl. The number of halogens is 1. The summed E-state index contributed by atoms with van der Waals surface area (Å²) in [5, 5.41) is 3.01. The molecule has 0 aliphatic carbocycles. The van der Waals surface area contributed by atoms with Crippen LogP contribution in [0.2, 0.25) is 0 Å². The van der Waals surface area contributed by atoms with Crippen molar-refractivity contribution in [3.05, 3.63) is 66.2 Å². The number of rotatable bonds is 9. The Balaban J connectivity index is 0.00000363. The molecular weight excluding hydrogens is 446 g/mol. The summed E-state index contributed by atoms with van der Waals surface area (Å²) in [4.78, 5) is 14.0. The number of likely N-dealkylation sites (tertiary alicyclic amines) is 1. The number of nitrogens with zero attached hydrogens (tertiary/aromatic N) is 2. The molecule has 6 nitrogen and oxygen atoms in total. The number of hydrogen-bond acceptors (Lipinski definition) is 4. The van der Waals surface area contributed by atoms with Crippen molar-refractivity contribution >= 4 is 28.3 Å². The number of carbonyl (C=O) groups is 1. The number of carbonyl (C=O) groups excluding carboxylic acids is 1. The quantitative estimate of drug-likeness (QED) is 0.597. The average molecular weight is 480 g/mol. The van der Waals surface area contributed by atoms with Crippen LogP contribution >= 0.6 is 12.4 Å². The molecule has 1 N–H and O–H groups in total. The van der Waals surface area contributed by atoms with Crippen molar-refractivity contribution < 1.29 is 13.2 Å². The van der Waals surface area contributed by atoms with E-state index in [1.165, 1.54) is 4.31 Å². The van der Waals surface area contributed by atoms with Gasteiger partial charge in [-0.05, 0) is 49.4 Å². The second kappa shape index (κ2) is 12.3. The van der Waals surface area contributed by atoms with Gasteiger partial charge < -0.3 is 10.2 Å². The van der Waals surface area contributed by atoms with Gasteiger partial charge in [0, 0.05) is 39.6 Å². The fourth-order valence-electron chi connectivity index (χ4n) is 4.20. The third kappa shape index (κ3) is 7.30. The first-order chi connectivity index (χ1) is 14.9. The van der Waals surface area contributed by atoms with Crippen LogP contribution in [0.15, 0.2) is 65.6 Å². The number of hydrogen-bond donors (Lipinski definition) is 1. The van der Waals surface area contributed by atoms with E-state index in [0.29, 0.717) is 11.4 Å². The second-order valence-corrected chi connectivity index (χ2v) is 10.4. The molecular formula is C24H34ClN3O3S. The summed E-state index contributed by atoms with van der Waals surface area (Å²) in [6.45, 7) is 4.81. The Labute approximate surface area is 198 Å². The van der Waals surface area contributed by atoms with Crippen LogP contribution in [0.5, 0.6) is 0 Å². The molecule has 176 valence electrons. The molecule has 1 aliphatic heterocycles. The Morgan fingerprint density at radius 1 is 1.06 bits per heavy atom. The molecule has 1 atom stereocenters. The third-order valence-electron chi connectivity index (χ3n) is 5.99. The van der Waals surface area contributed by atoms with Crippen LogP contribution < -0.4 is 5.32 Å². The lowest BCUT2D eigenvalue weighted by atomic mass is 9.94. The van der Waals surface area contributed by atoms with E-state index in [1.54, 1.807) is 38.2 Å². The van der Waals surface area contributed by atoms with Crippen LogP contribution in [0, 0.1) is 0 Å². The van der Waals surface area contributed by atoms with Crippen LogP contribution in [0.3, 0.4) is 0 Å². The van der Waals surface area contributed by atoms with Crippen LogP contribution in [-0.2, 0) is 14.8 Å². The van der Waals surface area contributed by atoms with E-state index < -0.39 is 10.0 Å². The Bertz CT molecular complexity index is 933. The van der Waals surface area contributed by atoms with Gasteiger partial charge in [0.1, 0.15) is 0 Å². The summed E-state index contributed by atoms with van der Waals surface area (Å²) in [6.07, 6.45) is 2.79. The lowest BCUT2D eigenvalue weighted by Gasteiger charge is -2.33. The number of benzene rings is 2. The summed E-state index contributed by atoms with van der Waals surface area (Å²) in [6, 6.07) is 19.0. The highest BCUT2D eigenvalue weighted by atomic mass is 35.5. The molecule has 0 aromatic heterocycles. The molecule has 0 saturated carbocycles. The maximum absolute atomic E-state index is 13.0. The summed E-state index contributed by atoms with van der Waals surface area (Å²) in [7, 11) is -1.86. The fraction of sp³-hybridized carbons (Fsp3) is 0.458. The standard InChI is InChI=1S/C24H33N3O3S.ClH/c1-20(28)25-23-14-17-27(18-15-23)16-13-22(21-9-5-3-6-10-21)19-26(2)31(29,30)24-11-7-4-8-12-24;/h3-12,22-23H,13-19H2,1-2H3,(H,25,28);1H/t22-;/m0./s1. The van der Waals surface area contributed by atoms with E-state index in [-0.39, 0.29) is 30.3 Å². The molecule has 8 heteroatoms. The van der Waals surface area contributed by atoms with Crippen LogP contribution in [0.25, 0.3) is 0 Å². The lowest BCUT2D eigenvalue weighted by molar-refractivity contribution is -0.119. The number of piperidine rings is 1. The highest BCUT2D eigenvalue weighted by Crippen LogP contribution is 2.25. The number of nitrogens with one attached hydrogen (secondary N) is 1. The highest BCUT2D eigenvalue weighted by molar-refractivity contribution is 7.89. The Kier molecular flexibility index (Phi) is 10.2. The van der Waals surface area contributed by atoms with E-state index in [9.17, 15) is 13.2 Å². The highest BCUT2D eigenvalue weighted by Gasteiger charge is 2.26. The minimum atomic E-state index is -3.52. The summed E-state index contributed by atoms with van der Waals surface area (Å²) >= 11 is 0. The van der Waals surface area contributed by atoms with Crippen molar-refractivity contribution in [3.8, 4) is 0 Å². The molecule has 1 heterocycles. The Hall–Kier alpha value is -1.93. The summed E-state index contributed by atoms with van der Waals surface area (Å²) < 4.78 is 27.5. The van der Waals surface area contributed by atoms with E-state index >= 15 is 0 Å². The van der Waals surface area contributed by atoms with Gasteiger partial charge >= 0.3 is 0 Å². The van der Waals surface area contributed by atoms with E-state index in [4.69, 9.17) is 0 Å². The topological polar surface area (TPSA) is 69.7 Å². The zero-order valence-electron chi connectivity index (χ0n) is 18.8. The van der Waals surface area contributed by atoms with Crippen LogP contribution in [-0.4, -0.2) is 62.8 Å². The minimum absolute atomic E-state index is 0. The molecule has 0 spiro atoms.